The monoisotopic (exact) mass is 280 g/mol. The summed E-state index contributed by atoms with van der Waals surface area (Å²) in [6.45, 7) is 4.50. The average Bonchev–Trinajstić information content (AvgIpc) is 2.40. The highest BCUT2D eigenvalue weighted by atomic mass is 16.6. The predicted molar refractivity (Wildman–Crippen MR) is 74.9 cm³/mol. The van der Waals surface area contributed by atoms with Gasteiger partial charge in [0.15, 0.2) is 0 Å². The van der Waals surface area contributed by atoms with E-state index in [-0.39, 0.29) is 23.9 Å². The normalized spacial score (nSPS) is 25.1. The molecule has 1 saturated carbocycles. The minimum absolute atomic E-state index is 0.00454. The fourth-order valence-corrected chi connectivity index (χ4v) is 2.26. The van der Waals surface area contributed by atoms with Gasteiger partial charge in [-0.05, 0) is 25.0 Å². The van der Waals surface area contributed by atoms with Crippen molar-refractivity contribution in [2.45, 2.75) is 44.9 Å². The fraction of sp³-hybridized carbons (Fsp3) is 0.571. The smallest absolute Gasteiger partial charge is 0.269 e. The Morgan fingerprint density at radius 3 is 2.80 bits per heavy atom. The first-order chi connectivity index (χ1) is 9.52. The highest BCUT2D eigenvalue weighted by molar-refractivity contribution is 5.43. The van der Waals surface area contributed by atoms with Crippen molar-refractivity contribution in [3.05, 3.63) is 33.9 Å². The van der Waals surface area contributed by atoms with Gasteiger partial charge in [-0.25, -0.2) is 0 Å². The molecule has 110 valence electrons. The van der Waals surface area contributed by atoms with Crippen LogP contribution in [0.15, 0.2) is 18.2 Å². The lowest BCUT2D eigenvalue weighted by molar-refractivity contribution is -0.384. The fourth-order valence-electron chi connectivity index (χ4n) is 2.26. The molecule has 3 unspecified atom stereocenters. The van der Waals surface area contributed by atoms with Gasteiger partial charge in [0, 0.05) is 31.2 Å². The number of hydrogen-bond acceptors (Lipinski definition) is 5. The molecule has 1 aliphatic carbocycles. The summed E-state index contributed by atoms with van der Waals surface area (Å²) in [7, 11) is 0. The van der Waals surface area contributed by atoms with Gasteiger partial charge in [0.1, 0.15) is 18.0 Å². The van der Waals surface area contributed by atoms with E-state index in [1.165, 1.54) is 12.1 Å². The predicted octanol–water partition coefficient (Wildman–Crippen LogP) is 2.18. The van der Waals surface area contributed by atoms with Crippen LogP contribution in [0.3, 0.4) is 0 Å². The van der Waals surface area contributed by atoms with Crippen LogP contribution in [0, 0.1) is 17.0 Å². The van der Waals surface area contributed by atoms with Crippen LogP contribution in [0.2, 0.25) is 0 Å². The Labute approximate surface area is 118 Å². The van der Waals surface area contributed by atoms with Crippen molar-refractivity contribution in [2.24, 2.45) is 5.73 Å². The van der Waals surface area contributed by atoms with Crippen LogP contribution in [0.4, 0.5) is 5.69 Å². The number of nitro benzene ring substituents is 1. The maximum atomic E-state index is 10.7. The quantitative estimate of drug-likeness (QED) is 0.637. The summed E-state index contributed by atoms with van der Waals surface area (Å²) in [5, 5.41) is 10.7. The van der Waals surface area contributed by atoms with Crippen LogP contribution in [-0.4, -0.2) is 29.8 Å². The van der Waals surface area contributed by atoms with Crippen molar-refractivity contribution in [3.8, 4) is 5.75 Å². The van der Waals surface area contributed by atoms with Crippen molar-refractivity contribution in [1.29, 1.82) is 0 Å². The van der Waals surface area contributed by atoms with Crippen LogP contribution >= 0.6 is 0 Å². The third-order valence-corrected chi connectivity index (χ3v) is 3.45. The number of benzene rings is 1. The maximum absolute atomic E-state index is 10.7. The van der Waals surface area contributed by atoms with Crippen LogP contribution < -0.4 is 10.5 Å². The number of aryl methyl sites for hydroxylation is 1. The summed E-state index contributed by atoms with van der Waals surface area (Å²) in [4.78, 5) is 10.3. The number of nitro groups is 1. The van der Waals surface area contributed by atoms with E-state index in [1.54, 1.807) is 13.0 Å². The highest BCUT2D eigenvalue weighted by Gasteiger charge is 2.41. The number of ether oxygens (including phenoxy) is 2. The molecule has 0 bridgehead atoms. The molecule has 1 fully saturated rings. The van der Waals surface area contributed by atoms with Gasteiger partial charge in [-0.2, -0.15) is 0 Å². The molecular weight excluding hydrogens is 260 g/mol. The molecule has 6 heteroatoms. The van der Waals surface area contributed by atoms with Gasteiger partial charge in [0.2, 0.25) is 0 Å². The molecule has 20 heavy (non-hydrogen) atoms. The van der Waals surface area contributed by atoms with E-state index < -0.39 is 4.92 Å². The third kappa shape index (κ3) is 3.08. The molecule has 0 radical (unpaired) electrons. The molecule has 1 aromatic rings. The van der Waals surface area contributed by atoms with Gasteiger partial charge in [-0.3, -0.25) is 10.1 Å². The van der Waals surface area contributed by atoms with Gasteiger partial charge in [0.05, 0.1) is 4.92 Å². The van der Waals surface area contributed by atoms with Crippen molar-refractivity contribution >= 4 is 5.69 Å². The molecular formula is C14H20N2O4. The van der Waals surface area contributed by atoms with Gasteiger partial charge in [-0.15, -0.1) is 0 Å². The van der Waals surface area contributed by atoms with Crippen LogP contribution in [0.5, 0.6) is 5.75 Å². The lowest BCUT2D eigenvalue weighted by Gasteiger charge is -2.42. The van der Waals surface area contributed by atoms with Crippen LogP contribution in [0.1, 0.15) is 25.3 Å². The summed E-state index contributed by atoms with van der Waals surface area (Å²) in [6.07, 6.45) is 1.51. The number of hydrogen-bond donors (Lipinski definition) is 1. The minimum atomic E-state index is -0.413. The Bertz CT molecular complexity index is 492. The molecule has 0 heterocycles. The van der Waals surface area contributed by atoms with Gasteiger partial charge < -0.3 is 15.2 Å². The molecule has 3 atom stereocenters. The molecule has 0 amide bonds. The van der Waals surface area contributed by atoms with E-state index in [0.29, 0.717) is 12.4 Å². The molecule has 0 saturated heterocycles. The Balaban J connectivity index is 2.01. The van der Waals surface area contributed by atoms with E-state index in [0.717, 1.165) is 18.4 Å². The van der Waals surface area contributed by atoms with Crippen LogP contribution in [0.25, 0.3) is 0 Å². The molecule has 0 aliphatic heterocycles. The summed E-state index contributed by atoms with van der Waals surface area (Å²) < 4.78 is 11.5. The molecule has 0 aromatic heterocycles. The second-order valence-corrected chi connectivity index (χ2v) is 5.10. The van der Waals surface area contributed by atoms with E-state index in [1.807, 2.05) is 6.92 Å². The van der Waals surface area contributed by atoms with Crippen LogP contribution in [-0.2, 0) is 4.74 Å². The Morgan fingerprint density at radius 2 is 2.25 bits per heavy atom. The Hall–Kier alpha value is -1.66. The SMILES string of the molecule is CCCOC1C(N)CC1Oc1ccc([N+](=O)[O-])cc1C. The standard InChI is InChI=1S/C14H20N2O4/c1-3-6-19-14-11(15)8-13(14)20-12-5-4-10(16(17)18)7-9(12)2/h4-5,7,11,13-14H,3,6,8,15H2,1-2H3. The molecule has 1 aromatic carbocycles. The second kappa shape index (κ2) is 6.19. The number of nitrogens with zero attached hydrogens (tertiary/aromatic N) is 1. The van der Waals surface area contributed by atoms with Crippen molar-refractivity contribution in [3.63, 3.8) is 0 Å². The number of nitrogens with two attached hydrogens (primary N) is 1. The molecule has 6 nitrogen and oxygen atoms in total. The molecule has 0 spiro atoms. The van der Waals surface area contributed by atoms with E-state index in [4.69, 9.17) is 15.2 Å². The van der Waals surface area contributed by atoms with Crippen molar-refractivity contribution < 1.29 is 14.4 Å². The van der Waals surface area contributed by atoms with Crippen molar-refractivity contribution in [2.75, 3.05) is 6.61 Å². The lowest BCUT2D eigenvalue weighted by atomic mass is 9.86. The number of rotatable bonds is 6. The number of non-ortho nitro benzene ring substituents is 1. The highest BCUT2D eigenvalue weighted by Crippen LogP contribution is 2.31. The van der Waals surface area contributed by atoms with E-state index in [9.17, 15) is 10.1 Å². The third-order valence-electron chi connectivity index (χ3n) is 3.45. The summed E-state index contributed by atoms with van der Waals surface area (Å²) in [5.41, 5.74) is 6.73. The topological polar surface area (TPSA) is 87.6 Å². The second-order valence-electron chi connectivity index (χ2n) is 5.10. The first kappa shape index (κ1) is 14.7. The zero-order valence-corrected chi connectivity index (χ0v) is 11.7. The minimum Gasteiger partial charge on any atom is -0.487 e. The van der Waals surface area contributed by atoms with Gasteiger partial charge >= 0.3 is 0 Å². The largest absolute Gasteiger partial charge is 0.487 e. The first-order valence-corrected chi connectivity index (χ1v) is 6.81. The Morgan fingerprint density at radius 1 is 1.50 bits per heavy atom. The summed E-state index contributed by atoms with van der Waals surface area (Å²) >= 11 is 0. The average molecular weight is 280 g/mol. The Kier molecular flexibility index (Phi) is 4.57. The van der Waals surface area contributed by atoms with Gasteiger partial charge in [0.25, 0.3) is 5.69 Å². The van der Waals surface area contributed by atoms with Crippen molar-refractivity contribution in [1.82, 2.24) is 0 Å². The van der Waals surface area contributed by atoms with E-state index in [2.05, 4.69) is 0 Å². The summed E-state index contributed by atoms with van der Waals surface area (Å²) in [5.74, 6) is 0.651. The summed E-state index contributed by atoms with van der Waals surface area (Å²) in [6, 6.07) is 4.59. The van der Waals surface area contributed by atoms with Gasteiger partial charge in [-0.1, -0.05) is 6.92 Å². The first-order valence-electron chi connectivity index (χ1n) is 6.81. The molecule has 2 rings (SSSR count). The zero-order chi connectivity index (χ0) is 14.7. The maximum Gasteiger partial charge on any atom is 0.269 e. The molecule has 2 N–H and O–H groups in total. The lowest BCUT2D eigenvalue weighted by Crippen LogP contribution is -2.59. The zero-order valence-electron chi connectivity index (χ0n) is 11.7. The molecule has 1 aliphatic rings. The van der Waals surface area contributed by atoms with E-state index >= 15 is 0 Å².